The number of nitrogens with one attached hydrogen (secondary N) is 1. The quantitative estimate of drug-likeness (QED) is 0.688. The molecule has 1 heterocycles. The van der Waals surface area contributed by atoms with Gasteiger partial charge in [-0.2, -0.15) is 0 Å². The number of rotatable bonds is 9. The van der Waals surface area contributed by atoms with Gasteiger partial charge in [0.15, 0.2) is 0 Å². The fourth-order valence-electron chi connectivity index (χ4n) is 2.94. The average Bonchev–Trinajstić information content (AvgIpc) is 2.85. The molecule has 0 atom stereocenters. The summed E-state index contributed by atoms with van der Waals surface area (Å²) < 4.78 is 0. The fourth-order valence-corrected chi connectivity index (χ4v) is 2.94. The van der Waals surface area contributed by atoms with Crippen LogP contribution in [-0.2, 0) is 6.42 Å². The maximum absolute atomic E-state index is 3.52. The van der Waals surface area contributed by atoms with Crippen molar-refractivity contribution in [2.24, 2.45) is 5.92 Å². The lowest BCUT2D eigenvalue weighted by molar-refractivity contribution is 0.526. The van der Waals surface area contributed by atoms with E-state index < -0.39 is 0 Å². The Morgan fingerprint density at radius 2 is 1.90 bits per heavy atom. The smallest absolute Gasteiger partial charge is 0.0399 e. The summed E-state index contributed by atoms with van der Waals surface area (Å²) in [6.07, 6.45) is 6.61. The third-order valence-corrected chi connectivity index (χ3v) is 4.07. The lowest BCUT2D eigenvalue weighted by Crippen LogP contribution is -2.22. The molecule has 0 unspecified atom stereocenters. The largest absolute Gasteiger partial charge is 0.371 e. The number of unbranched alkanes of at least 4 members (excludes halogenated alkanes) is 3. The highest BCUT2D eigenvalue weighted by molar-refractivity contribution is 5.57. The van der Waals surface area contributed by atoms with Crippen LogP contribution in [0.1, 0.15) is 45.1 Å². The zero-order valence-electron chi connectivity index (χ0n) is 13.2. The molecule has 1 aromatic rings. The Hall–Kier alpha value is -1.02. The highest BCUT2D eigenvalue weighted by Gasteiger charge is 2.16. The van der Waals surface area contributed by atoms with Gasteiger partial charge in [-0.25, -0.2) is 0 Å². The molecule has 2 heteroatoms. The van der Waals surface area contributed by atoms with Crippen molar-refractivity contribution in [3.05, 3.63) is 29.8 Å². The summed E-state index contributed by atoms with van der Waals surface area (Å²) in [5.74, 6) is 0.769. The number of hydrogen-bond donors (Lipinski definition) is 1. The topological polar surface area (TPSA) is 15.3 Å². The van der Waals surface area contributed by atoms with Crippen molar-refractivity contribution >= 4 is 5.69 Å². The van der Waals surface area contributed by atoms with E-state index in [1.54, 1.807) is 0 Å². The van der Waals surface area contributed by atoms with E-state index in [9.17, 15) is 0 Å². The minimum atomic E-state index is 0.769. The third-order valence-electron chi connectivity index (χ3n) is 4.07. The van der Waals surface area contributed by atoms with Gasteiger partial charge in [0.25, 0.3) is 0 Å². The van der Waals surface area contributed by atoms with Crippen LogP contribution < -0.4 is 10.2 Å². The van der Waals surface area contributed by atoms with Crippen molar-refractivity contribution in [3.63, 3.8) is 0 Å². The molecule has 0 aliphatic carbocycles. The Morgan fingerprint density at radius 1 is 1.10 bits per heavy atom. The average molecular weight is 274 g/mol. The molecular weight excluding hydrogens is 244 g/mol. The second-order valence-electron chi connectivity index (χ2n) is 6.38. The Morgan fingerprint density at radius 3 is 2.75 bits per heavy atom. The molecule has 0 radical (unpaired) electrons. The van der Waals surface area contributed by atoms with Crippen molar-refractivity contribution < 1.29 is 0 Å². The zero-order chi connectivity index (χ0) is 14.2. The van der Waals surface area contributed by atoms with Gasteiger partial charge in [0, 0.05) is 18.8 Å². The number of para-hydroxylation sites is 1. The fraction of sp³-hybridized carbons (Fsp3) is 0.667. The molecule has 1 N–H and O–H groups in total. The van der Waals surface area contributed by atoms with Gasteiger partial charge >= 0.3 is 0 Å². The van der Waals surface area contributed by atoms with Gasteiger partial charge in [-0.05, 0) is 49.9 Å². The molecule has 1 aromatic carbocycles. The Labute approximate surface area is 124 Å². The summed E-state index contributed by atoms with van der Waals surface area (Å²) in [5, 5.41) is 3.52. The van der Waals surface area contributed by atoms with Crippen molar-refractivity contribution in [2.45, 2.75) is 46.0 Å². The van der Waals surface area contributed by atoms with E-state index in [1.165, 1.54) is 63.0 Å². The molecule has 0 amide bonds. The maximum atomic E-state index is 3.52. The van der Waals surface area contributed by atoms with Crippen LogP contribution >= 0.6 is 0 Å². The molecule has 1 aliphatic heterocycles. The molecule has 2 rings (SSSR count). The number of fused-ring (bicyclic) bond motifs is 1. The number of anilines is 1. The van der Waals surface area contributed by atoms with Gasteiger partial charge in [0.2, 0.25) is 0 Å². The van der Waals surface area contributed by atoms with Gasteiger partial charge in [-0.15, -0.1) is 0 Å². The first-order valence-electron chi connectivity index (χ1n) is 8.31. The van der Waals surface area contributed by atoms with Gasteiger partial charge < -0.3 is 10.2 Å². The van der Waals surface area contributed by atoms with Crippen LogP contribution in [0.15, 0.2) is 24.3 Å². The number of nitrogens with zero attached hydrogens (tertiary/aromatic N) is 1. The summed E-state index contributed by atoms with van der Waals surface area (Å²) in [5.41, 5.74) is 3.01. The summed E-state index contributed by atoms with van der Waals surface area (Å²) in [7, 11) is 0. The normalized spacial score (nSPS) is 14.1. The van der Waals surface area contributed by atoms with Crippen LogP contribution in [0, 0.1) is 5.92 Å². The molecule has 1 aliphatic rings. The van der Waals surface area contributed by atoms with Crippen molar-refractivity contribution in [3.8, 4) is 0 Å². The molecular formula is C18H30N2. The zero-order valence-corrected chi connectivity index (χ0v) is 13.2. The van der Waals surface area contributed by atoms with E-state index in [-0.39, 0.29) is 0 Å². The lowest BCUT2D eigenvalue weighted by Gasteiger charge is -2.19. The van der Waals surface area contributed by atoms with Crippen LogP contribution in [0.25, 0.3) is 0 Å². The first-order valence-corrected chi connectivity index (χ1v) is 8.31. The molecule has 0 fully saturated rings. The number of hydrogen-bond acceptors (Lipinski definition) is 2. The summed E-state index contributed by atoms with van der Waals surface area (Å²) in [6, 6.07) is 8.87. The first-order chi connectivity index (χ1) is 9.77. The molecule has 20 heavy (non-hydrogen) atoms. The van der Waals surface area contributed by atoms with Crippen LogP contribution in [-0.4, -0.2) is 26.2 Å². The van der Waals surface area contributed by atoms with E-state index in [2.05, 4.69) is 48.3 Å². The predicted molar refractivity (Wildman–Crippen MR) is 88.5 cm³/mol. The Kier molecular flexibility index (Phi) is 6.38. The molecule has 0 saturated heterocycles. The van der Waals surface area contributed by atoms with E-state index in [0.29, 0.717) is 0 Å². The minimum Gasteiger partial charge on any atom is -0.371 e. The molecule has 0 saturated carbocycles. The summed E-state index contributed by atoms with van der Waals surface area (Å²) >= 11 is 0. The van der Waals surface area contributed by atoms with Crippen molar-refractivity contribution in [1.29, 1.82) is 0 Å². The van der Waals surface area contributed by atoms with Gasteiger partial charge in [-0.1, -0.05) is 44.9 Å². The van der Waals surface area contributed by atoms with E-state index in [0.717, 1.165) is 12.5 Å². The highest BCUT2D eigenvalue weighted by atomic mass is 15.1. The third kappa shape index (κ3) is 4.82. The van der Waals surface area contributed by atoms with Crippen molar-refractivity contribution in [2.75, 3.05) is 31.1 Å². The Balaban J connectivity index is 1.52. The highest BCUT2D eigenvalue weighted by Crippen LogP contribution is 2.27. The van der Waals surface area contributed by atoms with Crippen LogP contribution in [0.2, 0.25) is 0 Å². The molecule has 112 valence electrons. The van der Waals surface area contributed by atoms with Gasteiger partial charge in [-0.3, -0.25) is 0 Å². The second kappa shape index (κ2) is 8.31. The van der Waals surface area contributed by atoms with Gasteiger partial charge in [0.1, 0.15) is 0 Å². The lowest BCUT2D eigenvalue weighted by atomic mass is 10.1. The Bertz CT molecular complexity index is 387. The van der Waals surface area contributed by atoms with Crippen LogP contribution in [0.3, 0.4) is 0 Å². The monoisotopic (exact) mass is 274 g/mol. The van der Waals surface area contributed by atoms with E-state index in [4.69, 9.17) is 0 Å². The molecule has 0 aromatic heterocycles. The number of benzene rings is 1. The second-order valence-corrected chi connectivity index (χ2v) is 6.38. The minimum absolute atomic E-state index is 0.769. The molecule has 0 bridgehead atoms. The molecule has 2 nitrogen and oxygen atoms in total. The standard InChI is InChI=1S/C18H30N2/c1-16(2)15-19-12-7-3-4-8-13-20-14-11-17-9-5-6-10-18(17)20/h5-6,9-10,16,19H,3-4,7-8,11-15H2,1-2H3. The van der Waals surface area contributed by atoms with Crippen LogP contribution in [0.5, 0.6) is 0 Å². The SMILES string of the molecule is CC(C)CNCCCCCCN1CCc2ccccc21. The van der Waals surface area contributed by atoms with Crippen LogP contribution in [0.4, 0.5) is 5.69 Å². The van der Waals surface area contributed by atoms with Crippen molar-refractivity contribution in [1.82, 2.24) is 5.32 Å². The summed E-state index contributed by atoms with van der Waals surface area (Å²) in [6.45, 7) is 9.32. The van der Waals surface area contributed by atoms with E-state index >= 15 is 0 Å². The van der Waals surface area contributed by atoms with Gasteiger partial charge in [0.05, 0.1) is 0 Å². The molecule has 0 spiro atoms. The van der Waals surface area contributed by atoms with E-state index in [1.807, 2.05) is 0 Å². The maximum Gasteiger partial charge on any atom is 0.0399 e. The predicted octanol–water partition coefficient (Wildman–Crippen LogP) is 3.86. The first kappa shape index (κ1) is 15.4. The summed E-state index contributed by atoms with van der Waals surface area (Å²) in [4.78, 5) is 2.56.